The Hall–Kier alpha value is -1.67. The Kier molecular flexibility index (Phi) is 5.13. The quantitative estimate of drug-likeness (QED) is 0.758. The zero-order valence-electron chi connectivity index (χ0n) is 11.9. The largest absolute Gasteiger partial charge is 0.337 e. The van der Waals surface area contributed by atoms with Crippen LogP contribution in [-0.4, -0.2) is 49.1 Å². The van der Waals surface area contributed by atoms with Crippen molar-refractivity contribution in [1.29, 1.82) is 0 Å². The minimum absolute atomic E-state index is 0.228. The van der Waals surface area contributed by atoms with E-state index in [1.165, 1.54) is 4.31 Å². The van der Waals surface area contributed by atoms with Crippen LogP contribution in [0.25, 0.3) is 0 Å². The summed E-state index contributed by atoms with van der Waals surface area (Å²) in [6.45, 7) is 0.746. The smallest absolute Gasteiger partial charge is 0.315 e. The fourth-order valence-electron chi connectivity index (χ4n) is 1.82. The molecule has 0 unspecified atom stereocenters. The maximum absolute atomic E-state index is 11.8. The minimum atomic E-state index is -3.34. The maximum Gasteiger partial charge on any atom is 0.315 e. The van der Waals surface area contributed by atoms with Gasteiger partial charge in [-0.15, -0.1) is 0 Å². The summed E-state index contributed by atoms with van der Waals surface area (Å²) in [5, 5.41) is 5.46. The van der Waals surface area contributed by atoms with Crippen molar-refractivity contribution in [2.75, 3.05) is 19.3 Å². The van der Waals surface area contributed by atoms with E-state index < -0.39 is 10.0 Å². The number of hydrogen-bond donors (Lipinski definition) is 2. The van der Waals surface area contributed by atoms with E-state index in [1.807, 2.05) is 6.07 Å². The molecule has 8 heteroatoms. The first-order valence-electron chi connectivity index (χ1n) is 6.83. The highest BCUT2D eigenvalue weighted by Gasteiger charge is 2.23. The van der Waals surface area contributed by atoms with E-state index in [4.69, 9.17) is 0 Å². The normalized spacial score (nSPS) is 15.0. The zero-order valence-corrected chi connectivity index (χ0v) is 12.8. The molecule has 21 heavy (non-hydrogen) atoms. The van der Waals surface area contributed by atoms with Crippen LogP contribution in [0.4, 0.5) is 4.79 Å². The molecular weight excluding hydrogens is 292 g/mol. The SMILES string of the molecule is CS(=O)(=O)N(CCNC(=O)NC1CC1)Cc1cccnc1. The molecular formula is C13H20N4O3S. The molecule has 2 N–H and O–H groups in total. The van der Waals surface area contributed by atoms with Crippen molar-refractivity contribution in [2.24, 2.45) is 0 Å². The van der Waals surface area contributed by atoms with Crippen molar-refractivity contribution in [1.82, 2.24) is 19.9 Å². The highest BCUT2D eigenvalue weighted by molar-refractivity contribution is 7.88. The van der Waals surface area contributed by atoms with Crippen molar-refractivity contribution in [3.63, 3.8) is 0 Å². The minimum Gasteiger partial charge on any atom is -0.337 e. The lowest BCUT2D eigenvalue weighted by molar-refractivity contribution is 0.239. The van der Waals surface area contributed by atoms with Gasteiger partial charge in [0.25, 0.3) is 0 Å². The summed E-state index contributed by atoms with van der Waals surface area (Å²) in [5.74, 6) is 0. The standard InChI is InChI=1S/C13H20N4O3S/c1-21(19,20)17(10-11-3-2-6-14-9-11)8-7-15-13(18)16-12-4-5-12/h2-3,6,9,12H,4-5,7-8,10H2,1H3,(H2,15,16,18). The predicted molar refractivity (Wildman–Crippen MR) is 79.0 cm³/mol. The summed E-state index contributed by atoms with van der Waals surface area (Å²) in [6.07, 6.45) is 6.46. The second-order valence-electron chi connectivity index (χ2n) is 5.13. The lowest BCUT2D eigenvalue weighted by Gasteiger charge is -2.20. The third-order valence-corrected chi connectivity index (χ3v) is 4.36. The Bertz CT molecular complexity index is 572. The first-order valence-corrected chi connectivity index (χ1v) is 8.68. The van der Waals surface area contributed by atoms with Crippen LogP contribution in [0.1, 0.15) is 18.4 Å². The highest BCUT2D eigenvalue weighted by Crippen LogP contribution is 2.18. The Morgan fingerprint density at radius 3 is 2.81 bits per heavy atom. The summed E-state index contributed by atoms with van der Waals surface area (Å²) < 4.78 is 24.9. The second-order valence-corrected chi connectivity index (χ2v) is 7.11. The van der Waals surface area contributed by atoms with Crippen LogP contribution in [0.3, 0.4) is 0 Å². The van der Waals surface area contributed by atoms with Gasteiger partial charge in [-0.3, -0.25) is 4.98 Å². The number of carbonyl (C=O) groups is 1. The Labute approximate surface area is 124 Å². The van der Waals surface area contributed by atoms with Crippen LogP contribution in [0.15, 0.2) is 24.5 Å². The molecule has 2 rings (SSSR count). The molecule has 1 heterocycles. The van der Waals surface area contributed by atoms with Crippen molar-refractivity contribution >= 4 is 16.1 Å². The van der Waals surface area contributed by atoms with Gasteiger partial charge in [-0.05, 0) is 24.5 Å². The molecule has 1 saturated carbocycles. The third kappa shape index (κ3) is 5.68. The number of carbonyl (C=O) groups excluding carboxylic acids is 1. The van der Waals surface area contributed by atoms with Crippen LogP contribution < -0.4 is 10.6 Å². The molecule has 7 nitrogen and oxygen atoms in total. The second kappa shape index (κ2) is 6.86. The molecule has 0 bridgehead atoms. The van der Waals surface area contributed by atoms with Gasteiger partial charge >= 0.3 is 6.03 Å². The van der Waals surface area contributed by atoms with E-state index in [-0.39, 0.29) is 31.7 Å². The van der Waals surface area contributed by atoms with E-state index in [9.17, 15) is 13.2 Å². The van der Waals surface area contributed by atoms with Gasteiger partial charge in [-0.2, -0.15) is 4.31 Å². The Morgan fingerprint density at radius 1 is 1.48 bits per heavy atom. The highest BCUT2D eigenvalue weighted by atomic mass is 32.2. The maximum atomic E-state index is 11.8. The number of aromatic nitrogens is 1. The lowest BCUT2D eigenvalue weighted by atomic mass is 10.3. The molecule has 0 aliphatic heterocycles. The van der Waals surface area contributed by atoms with Crippen LogP contribution in [0, 0.1) is 0 Å². The lowest BCUT2D eigenvalue weighted by Crippen LogP contribution is -2.42. The summed E-state index contributed by atoms with van der Waals surface area (Å²) >= 11 is 0. The molecule has 1 aromatic heterocycles. The average molecular weight is 312 g/mol. The van der Waals surface area contributed by atoms with Gasteiger partial charge in [0.15, 0.2) is 0 Å². The molecule has 0 radical (unpaired) electrons. The molecule has 1 aliphatic rings. The number of amides is 2. The number of urea groups is 1. The monoisotopic (exact) mass is 312 g/mol. The molecule has 1 aromatic rings. The summed E-state index contributed by atoms with van der Waals surface area (Å²) in [5.41, 5.74) is 0.811. The summed E-state index contributed by atoms with van der Waals surface area (Å²) in [6, 6.07) is 3.62. The van der Waals surface area contributed by atoms with Crippen LogP contribution in [0.5, 0.6) is 0 Å². The van der Waals surface area contributed by atoms with Crippen LogP contribution in [0.2, 0.25) is 0 Å². The first-order chi connectivity index (χ1) is 9.95. The van der Waals surface area contributed by atoms with Crippen LogP contribution in [-0.2, 0) is 16.6 Å². The fourth-order valence-corrected chi connectivity index (χ4v) is 2.62. The number of pyridine rings is 1. The summed E-state index contributed by atoms with van der Waals surface area (Å²) in [7, 11) is -3.34. The molecule has 0 atom stereocenters. The third-order valence-electron chi connectivity index (χ3n) is 3.11. The van der Waals surface area contributed by atoms with Gasteiger partial charge in [0.1, 0.15) is 0 Å². The van der Waals surface area contributed by atoms with Gasteiger partial charge in [0.2, 0.25) is 10.0 Å². The molecule has 0 aromatic carbocycles. The van der Waals surface area contributed by atoms with Crippen molar-refractivity contribution in [3.8, 4) is 0 Å². The van der Waals surface area contributed by atoms with Crippen molar-refractivity contribution in [3.05, 3.63) is 30.1 Å². The molecule has 2 amide bonds. The van der Waals surface area contributed by atoms with E-state index in [0.717, 1.165) is 24.7 Å². The average Bonchev–Trinajstić information content (AvgIpc) is 3.21. The number of rotatable bonds is 7. The molecule has 116 valence electrons. The predicted octanol–water partition coefficient (Wildman–Crippen LogP) is 0.305. The summed E-state index contributed by atoms with van der Waals surface area (Å²) in [4.78, 5) is 15.4. The first kappa shape index (κ1) is 15.7. The molecule has 1 fully saturated rings. The molecule has 1 aliphatic carbocycles. The van der Waals surface area contributed by atoms with Crippen molar-refractivity contribution < 1.29 is 13.2 Å². The van der Waals surface area contributed by atoms with E-state index >= 15 is 0 Å². The van der Waals surface area contributed by atoms with E-state index in [1.54, 1.807) is 18.5 Å². The molecule has 0 spiro atoms. The van der Waals surface area contributed by atoms with Gasteiger partial charge in [-0.25, -0.2) is 13.2 Å². The number of nitrogens with one attached hydrogen (secondary N) is 2. The van der Waals surface area contributed by atoms with Gasteiger partial charge < -0.3 is 10.6 Å². The number of sulfonamides is 1. The fraction of sp³-hybridized carbons (Fsp3) is 0.538. The Balaban J connectivity index is 1.83. The van der Waals surface area contributed by atoms with Gasteiger partial charge in [0, 0.05) is 38.1 Å². The number of nitrogens with zero attached hydrogens (tertiary/aromatic N) is 2. The van der Waals surface area contributed by atoms with Crippen molar-refractivity contribution in [2.45, 2.75) is 25.4 Å². The zero-order chi connectivity index (χ0) is 15.3. The van der Waals surface area contributed by atoms with Gasteiger partial charge in [-0.1, -0.05) is 6.07 Å². The number of hydrogen-bond acceptors (Lipinski definition) is 4. The van der Waals surface area contributed by atoms with Gasteiger partial charge in [0.05, 0.1) is 6.26 Å². The van der Waals surface area contributed by atoms with Crippen LogP contribution >= 0.6 is 0 Å². The molecule has 0 saturated heterocycles. The van der Waals surface area contributed by atoms with E-state index in [0.29, 0.717) is 0 Å². The Morgan fingerprint density at radius 2 is 2.24 bits per heavy atom. The topological polar surface area (TPSA) is 91.4 Å². The van der Waals surface area contributed by atoms with E-state index in [2.05, 4.69) is 15.6 Å².